The Kier molecular flexibility index (Phi) is 6.95. The summed E-state index contributed by atoms with van der Waals surface area (Å²) in [5.41, 5.74) is 1.88. The van der Waals surface area contributed by atoms with E-state index < -0.39 is 17.9 Å². The van der Waals surface area contributed by atoms with Gasteiger partial charge in [0, 0.05) is 11.6 Å². The van der Waals surface area contributed by atoms with E-state index in [0.717, 1.165) is 11.3 Å². The molecule has 0 bridgehead atoms. The molecule has 0 spiro atoms. The molecule has 1 unspecified atom stereocenters. The third kappa shape index (κ3) is 6.14. The number of phenols is 1. The van der Waals surface area contributed by atoms with Crippen molar-refractivity contribution >= 4 is 23.6 Å². The lowest BCUT2D eigenvalue weighted by molar-refractivity contribution is -0.123. The van der Waals surface area contributed by atoms with Crippen LogP contribution in [0.15, 0.2) is 67.0 Å². The number of aromatic hydroxyl groups is 1. The predicted octanol–water partition coefficient (Wildman–Crippen LogP) is 3.01. The Morgan fingerprint density at radius 2 is 1.81 bits per heavy atom. The molecule has 3 aromatic rings. The monoisotopic (exact) mass is 418 g/mol. The lowest BCUT2D eigenvalue weighted by Gasteiger charge is -2.13. The first-order chi connectivity index (χ1) is 14.9. The molecule has 0 aliphatic heterocycles. The number of methoxy groups -OCH3 is 1. The number of carbonyl (C=O) groups excluding carboxylic acids is 2. The Hall–Kier alpha value is -4.20. The lowest BCUT2D eigenvalue weighted by Crippen LogP contribution is -2.40. The Bertz CT molecular complexity index is 1080. The van der Waals surface area contributed by atoms with Gasteiger partial charge in [-0.3, -0.25) is 9.59 Å². The molecule has 2 aromatic carbocycles. The highest BCUT2D eigenvalue weighted by atomic mass is 16.5. The van der Waals surface area contributed by atoms with Gasteiger partial charge in [-0.2, -0.15) is 0 Å². The summed E-state index contributed by atoms with van der Waals surface area (Å²) < 4.78 is 5.09. The fourth-order valence-electron chi connectivity index (χ4n) is 2.65. The number of ether oxygens (including phenoxy) is 1. The molecular formula is C23H22N4O4. The fourth-order valence-corrected chi connectivity index (χ4v) is 2.65. The molecule has 0 fully saturated rings. The van der Waals surface area contributed by atoms with Crippen LogP contribution < -0.4 is 15.4 Å². The molecule has 0 saturated carbocycles. The minimum atomic E-state index is -0.765. The van der Waals surface area contributed by atoms with Crippen LogP contribution >= 0.6 is 0 Å². The number of hydrogen-bond acceptors (Lipinski definition) is 6. The van der Waals surface area contributed by atoms with E-state index in [1.54, 1.807) is 56.5 Å². The highest BCUT2D eigenvalue weighted by molar-refractivity contribution is 5.99. The smallest absolute Gasteiger partial charge is 0.246 e. The minimum Gasteiger partial charge on any atom is -0.508 e. The summed E-state index contributed by atoms with van der Waals surface area (Å²) in [4.78, 5) is 32.8. The van der Waals surface area contributed by atoms with Crippen molar-refractivity contribution in [3.8, 4) is 22.9 Å². The van der Waals surface area contributed by atoms with Crippen LogP contribution in [0.25, 0.3) is 17.5 Å². The van der Waals surface area contributed by atoms with Crippen molar-refractivity contribution < 1.29 is 19.4 Å². The molecule has 0 radical (unpaired) electrons. The molecule has 1 aromatic heterocycles. The van der Waals surface area contributed by atoms with E-state index in [0.29, 0.717) is 17.1 Å². The van der Waals surface area contributed by atoms with Crippen molar-refractivity contribution in [3.05, 3.63) is 72.6 Å². The van der Waals surface area contributed by atoms with Gasteiger partial charge in [-0.25, -0.2) is 9.97 Å². The van der Waals surface area contributed by atoms with Gasteiger partial charge >= 0.3 is 0 Å². The van der Waals surface area contributed by atoms with Gasteiger partial charge in [-0.1, -0.05) is 24.3 Å². The number of aromatic nitrogens is 2. The van der Waals surface area contributed by atoms with E-state index in [1.165, 1.54) is 18.5 Å². The van der Waals surface area contributed by atoms with E-state index >= 15 is 0 Å². The van der Waals surface area contributed by atoms with Crippen molar-refractivity contribution in [1.82, 2.24) is 15.3 Å². The minimum absolute atomic E-state index is 0.115. The van der Waals surface area contributed by atoms with Crippen molar-refractivity contribution in [3.63, 3.8) is 0 Å². The second-order valence-electron chi connectivity index (χ2n) is 6.67. The van der Waals surface area contributed by atoms with Crippen molar-refractivity contribution in [2.24, 2.45) is 0 Å². The number of amides is 2. The predicted molar refractivity (Wildman–Crippen MR) is 117 cm³/mol. The molecule has 31 heavy (non-hydrogen) atoms. The molecule has 3 rings (SSSR count). The average molecular weight is 418 g/mol. The molecule has 2 amide bonds. The van der Waals surface area contributed by atoms with Crippen LogP contribution in [0.3, 0.4) is 0 Å². The second-order valence-corrected chi connectivity index (χ2v) is 6.67. The van der Waals surface area contributed by atoms with E-state index in [-0.39, 0.29) is 5.75 Å². The molecule has 3 N–H and O–H groups in total. The Morgan fingerprint density at radius 1 is 1.10 bits per heavy atom. The van der Waals surface area contributed by atoms with Crippen molar-refractivity contribution in [2.45, 2.75) is 13.0 Å². The zero-order chi connectivity index (χ0) is 22.2. The van der Waals surface area contributed by atoms with Gasteiger partial charge in [-0.15, -0.1) is 0 Å². The topological polar surface area (TPSA) is 113 Å². The number of anilines is 1. The van der Waals surface area contributed by atoms with E-state index in [4.69, 9.17) is 4.74 Å². The van der Waals surface area contributed by atoms with Crippen LogP contribution in [-0.2, 0) is 9.59 Å². The summed E-state index contributed by atoms with van der Waals surface area (Å²) >= 11 is 0. The van der Waals surface area contributed by atoms with Gasteiger partial charge in [-0.05, 0) is 42.8 Å². The van der Waals surface area contributed by atoms with Crippen LogP contribution in [0.2, 0.25) is 0 Å². The first-order valence-electron chi connectivity index (χ1n) is 9.49. The number of phenolic OH excluding ortho intramolecular Hbond substituents is 1. The number of carbonyl (C=O) groups is 2. The first-order valence-corrected chi connectivity index (χ1v) is 9.49. The van der Waals surface area contributed by atoms with Crippen LogP contribution in [0.1, 0.15) is 12.5 Å². The number of nitrogens with zero attached hydrogens (tertiary/aromatic N) is 2. The highest BCUT2D eigenvalue weighted by Crippen LogP contribution is 2.20. The SMILES string of the molecule is COc1ccc(/C=C/C(=O)NC(C)C(=O)Nc2cnc(-c3cccc(O)c3)nc2)cc1. The van der Waals surface area contributed by atoms with Crippen molar-refractivity contribution in [2.75, 3.05) is 12.4 Å². The zero-order valence-corrected chi connectivity index (χ0v) is 17.1. The number of benzene rings is 2. The summed E-state index contributed by atoms with van der Waals surface area (Å²) in [7, 11) is 1.58. The zero-order valence-electron chi connectivity index (χ0n) is 17.1. The standard InChI is InChI=1S/C23H22N4O4/c1-15(26-21(29)11-8-16-6-9-20(31-2)10-7-16)23(30)27-18-13-24-22(25-14-18)17-4-3-5-19(28)12-17/h3-15,28H,1-2H3,(H,26,29)(H,27,30)/b11-8+. The Morgan fingerprint density at radius 3 is 2.45 bits per heavy atom. The molecule has 0 saturated heterocycles. The van der Waals surface area contributed by atoms with Crippen molar-refractivity contribution in [1.29, 1.82) is 0 Å². The van der Waals surface area contributed by atoms with Gasteiger partial charge in [0.1, 0.15) is 17.5 Å². The molecule has 8 nitrogen and oxygen atoms in total. The van der Waals surface area contributed by atoms with Crippen LogP contribution in [0.4, 0.5) is 5.69 Å². The maximum Gasteiger partial charge on any atom is 0.246 e. The molecule has 0 aliphatic carbocycles. The lowest BCUT2D eigenvalue weighted by atomic mass is 10.2. The quantitative estimate of drug-likeness (QED) is 0.509. The average Bonchev–Trinajstić information content (AvgIpc) is 2.78. The maximum absolute atomic E-state index is 12.3. The largest absolute Gasteiger partial charge is 0.508 e. The summed E-state index contributed by atoms with van der Waals surface area (Å²) in [5.74, 6) is 0.461. The van der Waals surface area contributed by atoms with Gasteiger partial charge in [0.25, 0.3) is 0 Å². The van der Waals surface area contributed by atoms with Gasteiger partial charge in [0.05, 0.1) is 25.2 Å². The van der Waals surface area contributed by atoms with E-state index in [1.807, 2.05) is 12.1 Å². The summed E-state index contributed by atoms with van der Waals surface area (Å²) in [6.07, 6.45) is 5.93. The molecule has 158 valence electrons. The van der Waals surface area contributed by atoms with E-state index in [2.05, 4.69) is 20.6 Å². The first kappa shape index (κ1) is 21.5. The van der Waals surface area contributed by atoms with Gasteiger partial charge < -0.3 is 20.5 Å². The maximum atomic E-state index is 12.3. The van der Waals surface area contributed by atoms with Crippen LogP contribution in [-0.4, -0.2) is 40.0 Å². The number of nitrogens with one attached hydrogen (secondary N) is 2. The summed E-state index contributed by atoms with van der Waals surface area (Å²) in [5, 5.41) is 14.8. The summed E-state index contributed by atoms with van der Waals surface area (Å²) in [6, 6.07) is 13.0. The second kappa shape index (κ2) is 10.0. The molecule has 1 atom stereocenters. The molecular weight excluding hydrogens is 396 g/mol. The molecule has 8 heteroatoms. The fraction of sp³-hybridized carbons (Fsp3) is 0.130. The molecule has 0 aliphatic rings. The Balaban J connectivity index is 1.53. The summed E-state index contributed by atoms with van der Waals surface area (Å²) in [6.45, 7) is 1.58. The van der Waals surface area contributed by atoms with Crippen LogP contribution in [0, 0.1) is 0 Å². The Labute approximate surface area is 179 Å². The number of hydrogen-bond donors (Lipinski definition) is 3. The third-order valence-electron chi connectivity index (χ3n) is 4.32. The third-order valence-corrected chi connectivity index (χ3v) is 4.32. The normalized spacial score (nSPS) is 11.7. The highest BCUT2D eigenvalue weighted by Gasteiger charge is 2.15. The number of rotatable bonds is 7. The van der Waals surface area contributed by atoms with Gasteiger partial charge in [0.15, 0.2) is 5.82 Å². The van der Waals surface area contributed by atoms with E-state index in [9.17, 15) is 14.7 Å². The molecule has 1 heterocycles. The van der Waals surface area contributed by atoms with Gasteiger partial charge in [0.2, 0.25) is 11.8 Å². The van der Waals surface area contributed by atoms with Crippen LogP contribution in [0.5, 0.6) is 11.5 Å².